The molecule has 1 aliphatic rings. The molecule has 0 saturated heterocycles. The number of rotatable bonds is 9. The molecule has 0 saturated carbocycles. The fraction of sp³-hybridized carbons (Fsp3) is 0.391. The Labute approximate surface area is 194 Å². The summed E-state index contributed by atoms with van der Waals surface area (Å²) in [6, 6.07) is 11.4. The summed E-state index contributed by atoms with van der Waals surface area (Å²) in [6.45, 7) is 5.52. The molecule has 2 aromatic carbocycles. The maximum Gasteiger partial charge on any atom is 0.244 e. The number of ether oxygens (including phenoxy) is 2. The van der Waals surface area contributed by atoms with Gasteiger partial charge in [-0.15, -0.1) is 0 Å². The number of hydrogen-bond acceptors (Lipinski definition) is 6. The minimum absolute atomic E-state index is 0.0465. The average molecular weight is 476 g/mol. The highest BCUT2D eigenvalue weighted by atomic mass is 32.2. The predicted octanol–water partition coefficient (Wildman–Crippen LogP) is 2.04. The zero-order valence-electron chi connectivity index (χ0n) is 19.2. The topological polar surface area (TPSA) is 105 Å². The number of sulfonamides is 1. The number of benzene rings is 2. The molecule has 33 heavy (non-hydrogen) atoms. The minimum Gasteiger partial charge on any atom is -0.454 e. The van der Waals surface area contributed by atoms with Gasteiger partial charge in [-0.05, 0) is 44.0 Å². The summed E-state index contributed by atoms with van der Waals surface area (Å²) in [7, 11) is -3.81. The van der Waals surface area contributed by atoms with E-state index in [2.05, 4.69) is 5.32 Å². The number of carbonyl (C=O) groups is 2. The Bertz CT molecular complexity index is 1130. The van der Waals surface area contributed by atoms with Gasteiger partial charge in [0.1, 0.15) is 12.6 Å². The van der Waals surface area contributed by atoms with Gasteiger partial charge in [0, 0.05) is 19.2 Å². The maximum absolute atomic E-state index is 13.5. The van der Waals surface area contributed by atoms with E-state index < -0.39 is 28.5 Å². The van der Waals surface area contributed by atoms with Gasteiger partial charge in [0.25, 0.3) is 0 Å². The lowest BCUT2D eigenvalue weighted by atomic mass is 10.1. The molecule has 1 atom stereocenters. The molecule has 10 heteroatoms. The SMILES string of the molecule is CCNC(=O)C(C)N(Cc1ccccc1C)C(=O)CN(c1ccc2c(c1)OCO2)S(C)(=O)=O. The second kappa shape index (κ2) is 10.1. The van der Waals surface area contributed by atoms with Gasteiger partial charge in [-0.1, -0.05) is 24.3 Å². The summed E-state index contributed by atoms with van der Waals surface area (Å²) in [5, 5.41) is 2.73. The van der Waals surface area contributed by atoms with Gasteiger partial charge in [-0.3, -0.25) is 13.9 Å². The highest BCUT2D eigenvalue weighted by Crippen LogP contribution is 2.36. The van der Waals surface area contributed by atoms with E-state index in [0.717, 1.165) is 21.7 Å². The molecule has 2 amide bonds. The van der Waals surface area contributed by atoms with Crippen LogP contribution in [0.4, 0.5) is 5.69 Å². The van der Waals surface area contributed by atoms with E-state index in [9.17, 15) is 18.0 Å². The normalized spacial score (nSPS) is 13.3. The maximum atomic E-state index is 13.5. The van der Waals surface area contributed by atoms with Crippen molar-refractivity contribution in [3.63, 3.8) is 0 Å². The second-order valence-corrected chi connectivity index (χ2v) is 9.73. The first-order chi connectivity index (χ1) is 15.6. The number of fused-ring (bicyclic) bond motifs is 1. The van der Waals surface area contributed by atoms with Gasteiger partial charge in [0.15, 0.2) is 11.5 Å². The summed E-state index contributed by atoms with van der Waals surface area (Å²) in [6.07, 6.45) is 1.03. The minimum atomic E-state index is -3.81. The molecule has 0 spiro atoms. The van der Waals surface area contributed by atoms with Crippen molar-refractivity contribution in [3.05, 3.63) is 53.6 Å². The summed E-state index contributed by atoms with van der Waals surface area (Å²) in [5.74, 6) is 0.0964. The van der Waals surface area contributed by atoms with Crippen molar-refractivity contribution in [2.45, 2.75) is 33.4 Å². The monoisotopic (exact) mass is 475 g/mol. The molecule has 1 N–H and O–H groups in total. The third-order valence-electron chi connectivity index (χ3n) is 5.44. The van der Waals surface area contributed by atoms with Crippen LogP contribution in [0.5, 0.6) is 11.5 Å². The molecule has 0 bridgehead atoms. The Morgan fingerprint density at radius 2 is 1.82 bits per heavy atom. The van der Waals surface area contributed by atoms with E-state index in [0.29, 0.717) is 18.0 Å². The standard InChI is InChI=1S/C23H29N3O6S/c1-5-24-23(28)17(3)25(13-18-9-7-6-8-16(18)2)22(27)14-26(33(4,29)30)19-10-11-20-21(12-19)32-15-31-20/h6-12,17H,5,13-15H2,1-4H3,(H,24,28). The molecule has 9 nitrogen and oxygen atoms in total. The Hall–Kier alpha value is -3.27. The van der Waals surface area contributed by atoms with Crippen LogP contribution in [0.15, 0.2) is 42.5 Å². The van der Waals surface area contributed by atoms with Crippen molar-refractivity contribution in [1.82, 2.24) is 10.2 Å². The third kappa shape index (κ3) is 5.75. The van der Waals surface area contributed by atoms with Crippen LogP contribution in [-0.4, -0.2) is 57.3 Å². The van der Waals surface area contributed by atoms with Crippen molar-refractivity contribution < 1.29 is 27.5 Å². The Balaban J connectivity index is 1.92. The largest absolute Gasteiger partial charge is 0.454 e. The van der Waals surface area contributed by atoms with Crippen LogP contribution in [0, 0.1) is 6.92 Å². The molecule has 0 aliphatic carbocycles. The van der Waals surface area contributed by atoms with Gasteiger partial charge in [-0.2, -0.15) is 0 Å². The van der Waals surface area contributed by atoms with E-state index in [1.165, 1.54) is 11.0 Å². The second-order valence-electron chi connectivity index (χ2n) is 7.83. The average Bonchev–Trinajstić information content (AvgIpc) is 3.23. The molecule has 0 radical (unpaired) electrons. The molecule has 0 fully saturated rings. The van der Waals surface area contributed by atoms with Gasteiger partial charge < -0.3 is 19.7 Å². The summed E-state index contributed by atoms with van der Waals surface area (Å²) in [5.41, 5.74) is 2.11. The quantitative estimate of drug-likeness (QED) is 0.595. The van der Waals surface area contributed by atoms with Crippen LogP contribution in [0.1, 0.15) is 25.0 Å². The van der Waals surface area contributed by atoms with E-state index in [1.807, 2.05) is 31.2 Å². The fourth-order valence-electron chi connectivity index (χ4n) is 3.53. The number of likely N-dealkylation sites (N-methyl/N-ethyl adjacent to an activating group) is 1. The zero-order valence-corrected chi connectivity index (χ0v) is 20.0. The van der Waals surface area contributed by atoms with E-state index in [1.54, 1.807) is 26.0 Å². The molecule has 3 rings (SSSR count). The molecule has 1 aliphatic heterocycles. The fourth-order valence-corrected chi connectivity index (χ4v) is 4.37. The van der Waals surface area contributed by atoms with Crippen LogP contribution in [0.2, 0.25) is 0 Å². The van der Waals surface area contributed by atoms with Crippen LogP contribution in [0.3, 0.4) is 0 Å². The zero-order chi connectivity index (χ0) is 24.2. The number of anilines is 1. The number of carbonyl (C=O) groups excluding carboxylic acids is 2. The van der Waals surface area contributed by atoms with Crippen molar-refractivity contribution in [1.29, 1.82) is 0 Å². The Kier molecular flexibility index (Phi) is 7.47. The first-order valence-corrected chi connectivity index (χ1v) is 12.5. The molecule has 178 valence electrons. The van der Waals surface area contributed by atoms with Crippen molar-refractivity contribution in [3.8, 4) is 11.5 Å². The number of nitrogens with one attached hydrogen (secondary N) is 1. The first-order valence-electron chi connectivity index (χ1n) is 10.6. The molecule has 1 unspecified atom stereocenters. The van der Waals surface area contributed by atoms with Crippen molar-refractivity contribution in [2.24, 2.45) is 0 Å². The Morgan fingerprint density at radius 1 is 1.12 bits per heavy atom. The summed E-state index contributed by atoms with van der Waals surface area (Å²) < 4.78 is 36.9. The highest BCUT2D eigenvalue weighted by Gasteiger charge is 2.30. The Morgan fingerprint density at radius 3 is 2.48 bits per heavy atom. The summed E-state index contributed by atoms with van der Waals surface area (Å²) >= 11 is 0. The smallest absolute Gasteiger partial charge is 0.244 e. The number of hydrogen-bond donors (Lipinski definition) is 1. The van der Waals surface area contributed by atoms with E-state index in [4.69, 9.17) is 9.47 Å². The molecular formula is C23H29N3O6S. The molecular weight excluding hydrogens is 446 g/mol. The molecule has 1 heterocycles. The third-order valence-corrected chi connectivity index (χ3v) is 6.58. The summed E-state index contributed by atoms with van der Waals surface area (Å²) in [4.78, 5) is 27.4. The van der Waals surface area contributed by atoms with Crippen LogP contribution in [0.25, 0.3) is 0 Å². The van der Waals surface area contributed by atoms with Gasteiger partial charge in [-0.25, -0.2) is 8.42 Å². The van der Waals surface area contributed by atoms with Crippen LogP contribution < -0.4 is 19.1 Å². The van der Waals surface area contributed by atoms with Crippen LogP contribution in [-0.2, 0) is 26.2 Å². The van der Waals surface area contributed by atoms with Crippen molar-refractivity contribution in [2.75, 3.05) is 30.4 Å². The van der Waals surface area contributed by atoms with E-state index in [-0.39, 0.29) is 24.9 Å². The number of aryl methyl sites for hydroxylation is 1. The molecule has 0 aromatic heterocycles. The van der Waals surface area contributed by atoms with Crippen molar-refractivity contribution >= 4 is 27.5 Å². The van der Waals surface area contributed by atoms with Gasteiger partial charge in [0.05, 0.1) is 11.9 Å². The highest BCUT2D eigenvalue weighted by molar-refractivity contribution is 7.92. The van der Waals surface area contributed by atoms with E-state index >= 15 is 0 Å². The lowest BCUT2D eigenvalue weighted by molar-refractivity contribution is -0.139. The molecule has 2 aromatic rings. The number of amides is 2. The number of nitrogens with zero attached hydrogens (tertiary/aromatic N) is 2. The van der Waals surface area contributed by atoms with Gasteiger partial charge in [0.2, 0.25) is 28.6 Å². The van der Waals surface area contributed by atoms with Crippen LogP contribution >= 0.6 is 0 Å². The lowest BCUT2D eigenvalue weighted by Crippen LogP contribution is -2.51. The first kappa shape index (κ1) is 24.4. The lowest BCUT2D eigenvalue weighted by Gasteiger charge is -2.31. The predicted molar refractivity (Wildman–Crippen MR) is 125 cm³/mol. The van der Waals surface area contributed by atoms with Gasteiger partial charge >= 0.3 is 0 Å².